The molecule has 19 heavy (non-hydrogen) atoms. The predicted molar refractivity (Wildman–Crippen MR) is 49.1 cm³/mol. The van der Waals surface area contributed by atoms with Crippen LogP contribution in [0.1, 0.15) is 0 Å². The summed E-state index contributed by atoms with van der Waals surface area (Å²) in [6, 6.07) is 0. The number of carbonyl (C=O) groups excluding carboxylic acids is 5. The summed E-state index contributed by atoms with van der Waals surface area (Å²) in [5, 5.41) is 0. The van der Waals surface area contributed by atoms with Gasteiger partial charge >= 0.3 is 30.5 Å². The Morgan fingerprint density at radius 1 is 0.632 bits per heavy atom. The van der Waals surface area contributed by atoms with Crippen LogP contribution in [-0.2, 0) is 19.2 Å². The molecule has 0 fully saturated rings. The fraction of sp³-hybridized carbons (Fsp3) is 0. The Balaban J connectivity index is 3.75. The molecule has 0 aromatic heterocycles. The normalized spacial score (nSPS) is 8.42. The summed E-state index contributed by atoms with van der Waals surface area (Å²) in [6.45, 7) is 0. The lowest BCUT2D eigenvalue weighted by molar-refractivity contribution is 0.0186. The first-order chi connectivity index (χ1) is 8.81. The van der Waals surface area contributed by atoms with Gasteiger partial charge in [0.05, 0.1) is 0 Å². The van der Waals surface area contributed by atoms with E-state index < -0.39 is 30.5 Å². The van der Waals surface area contributed by atoms with Gasteiger partial charge in [0, 0.05) is 0 Å². The molecular formula is C5H7N5O9. The number of carbonyl (C=O) groups is 5. The predicted octanol–water partition coefficient (Wildman–Crippen LogP) is -1.92. The molecule has 0 aromatic rings. The highest BCUT2D eigenvalue weighted by Gasteiger charge is 2.12. The molecule has 0 aromatic carbocycles. The highest BCUT2D eigenvalue weighted by molar-refractivity contribution is 5.82. The van der Waals surface area contributed by atoms with E-state index in [0.717, 1.165) is 0 Å². The molecule has 0 aliphatic carbocycles. The van der Waals surface area contributed by atoms with Crippen LogP contribution < -0.4 is 27.9 Å². The second-order valence-corrected chi connectivity index (χ2v) is 2.21. The van der Waals surface area contributed by atoms with Crippen molar-refractivity contribution in [3.05, 3.63) is 0 Å². The number of primary amides is 2. The summed E-state index contributed by atoms with van der Waals surface area (Å²) in [4.78, 5) is 63.5. The van der Waals surface area contributed by atoms with Crippen molar-refractivity contribution in [3.63, 3.8) is 0 Å². The fourth-order valence-corrected chi connectivity index (χ4v) is 0.422. The van der Waals surface area contributed by atoms with Gasteiger partial charge in [-0.05, 0) is 0 Å². The van der Waals surface area contributed by atoms with E-state index in [1.54, 1.807) is 0 Å². The molecule has 0 aliphatic rings. The van der Waals surface area contributed by atoms with E-state index in [4.69, 9.17) is 0 Å². The summed E-state index contributed by atoms with van der Waals surface area (Å²) in [7, 11) is 0. The molecule has 0 saturated carbocycles. The van der Waals surface area contributed by atoms with Crippen molar-refractivity contribution in [3.8, 4) is 0 Å². The SMILES string of the molecule is NC(=O)ONC(=O)ONC(=O)ONC(=O)OC(N)=O. The highest BCUT2D eigenvalue weighted by Crippen LogP contribution is 1.80. The second kappa shape index (κ2) is 7.76. The van der Waals surface area contributed by atoms with E-state index in [9.17, 15) is 24.0 Å². The Kier molecular flexibility index (Phi) is 6.35. The van der Waals surface area contributed by atoms with Crippen LogP contribution in [0.15, 0.2) is 0 Å². The Hall–Kier alpha value is -3.45. The van der Waals surface area contributed by atoms with Gasteiger partial charge in [0.2, 0.25) is 0 Å². The van der Waals surface area contributed by atoms with Crippen LogP contribution in [0.2, 0.25) is 0 Å². The van der Waals surface area contributed by atoms with Crippen LogP contribution in [0, 0.1) is 0 Å². The molecule has 0 unspecified atom stereocenters. The summed E-state index contributed by atoms with van der Waals surface area (Å²) < 4.78 is 3.68. The molecule has 0 saturated heterocycles. The summed E-state index contributed by atoms with van der Waals surface area (Å²) in [5.74, 6) is 0. The smallest absolute Gasteiger partial charge is 0.357 e. The van der Waals surface area contributed by atoms with Gasteiger partial charge in [0.1, 0.15) is 0 Å². The molecule has 14 nitrogen and oxygen atoms in total. The van der Waals surface area contributed by atoms with Crippen molar-refractivity contribution in [1.29, 1.82) is 0 Å². The summed E-state index contributed by atoms with van der Waals surface area (Å²) in [6.07, 6.45) is -7.20. The molecule has 14 heteroatoms. The minimum atomic E-state index is -1.50. The molecule has 0 aliphatic heterocycles. The van der Waals surface area contributed by atoms with Gasteiger partial charge < -0.3 is 30.7 Å². The number of nitrogens with one attached hydrogen (secondary N) is 3. The molecule has 0 radical (unpaired) electrons. The van der Waals surface area contributed by atoms with Gasteiger partial charge in [-0.25, -0.2) is 24.0 Å². The average molecular weight is 281 g/mol. The molecule has 106 valence electrons. The Bertz CT molecular complexity index is 394. The number of nitrogens with two attached hydrogens (primary N) is 2. The van der Waals surface area contributed by atoms with Crippen molar-refractivity contribution in [2.75, 3.05) is 0 Å². The van der Waals surface area contributed by atoms with E-state index in [2.05, 4.69) is 30.7 Å². The topological polar surface area (TPSA) is 210 Å². The first-order valence-electron chi connectivity index (χ1n) is 3.98. The van der Waals surface area contributed by atoms with Gasteiger partial charge in [0.25, 0.3) is 0 Å². The third-order valence-electron chi connectivity index (χ3n) is 0.882. The average Bonchev–Trinajstić information content (AvgIpc) is 2.30. The minimum absolute atomic E-state index is 1.30. The van der Waals surface area contributed by atoms with Crippen molar-refractivity contribution < 1.29 is 43.2 Å². The molecule has 0 bridgehead atoms. The number of amides is 5. The van der Waals surface area contributed by atoms with E-state index in [-0.39, 0.29) is 0 Å². The zero-order valence-electron chi connectivity index (χ0n) is 8.83. The maximum absolute atomic E-state index is 10.7. The quantitative estimate of drug-likeness (QED) is 0.190. The Morgan fingerprint density at radius 2 is 1.05 bits per heavy atom. The molecule has 7 N–H and O–H groups in total. The molecule has 0 rings (SSSR count). The second-order valence-electron chi connectivity index (χ2n) is 2.21. The number of hydrogen-bond donors (Lipinski definition) is 5. The summed E-state index contributed by atoms with van der Waals surface area (Å²) >= 11 is 0. The van der Waals surface area contributed by atoms with Crippen LogP contribution in [0.4, 0.5) is 24.0 Å². The van der Waals surface area contributed by atoms with Crippen molar-refractivity contribution in [1.82, 2.24) is 16.4 Å². The minimum Gasteiger partial charge on any atom is -0.357 e. The zero-order valence-corrected chi connectivity index (χ0v) is 8.83. The maximum atomic E-state index is 10.7. The third-order valence-corrected chi connectivity index (χ3v) is 0.882. The number of hydroxylamine groups is 3. The van der Waals surface area contributed by atoms with Crippen LogP contribution in [0.3, 0.4) is 0 Å². The number of rotatable bonds is 0. The van der Waals surface area contributed by atoms with Gasteiger partial charge in [-0.3, -0.25) is 0 Å². The van der Waals surface area contributed by atoms with Crippen LogP contribution >= 0.6 is 0 Å². The van der Waals surface area contributed by atoms with E-state index >= 15 is 0 Å². The molecular weight excluding hydrogens is 274 g/mol. The molecule has 0 spiro atoms. The van der Waals surface area contributed by atoms with Gasteiger partial charge in [-0.2, -0.15) is 0 Å². The first kappa shape index (κ1) is 15.5. The monoisotopic (exact) mass is 281 g/mol. The van der Waals surface area contributed by atoms with Crippen molar-refractivity contribution in [2.24, 2.45) is 11.5 Å². The number of hydrogen-bond acceptors (Lipinski definition) is 9. The van der Waals surface area contributed by atoms with Crippen LogP contribution in [-0.4, -0.2) is 30.5 Å². The molecule has 0 heterocycles. The van der Waals surface area contributed by atoms with Crippen LogP contribution in [0.5, 0.6) is 0 Å². The van der Waals surface area contributed by atoms with Crippen molar-refractivity contribution >= 4 is 30.5 Å². The Labute approximate surface area is 103 Å². The molecule has 0 atom stereocenters. The standard InChI is InChI=1S/C5H7N5O9/c6-1(11)16-3(13)8-18-5(15)10-19-4(14)9-17-2(7)12/h(H2,6,11)(H2,7,12)(H,8,13)(H,9,14)(H,10,15). The van der Waals surface area contributed by atoms with E-state index in [1.807, 2.05) is 0 Å². The van der Waals surface area contributed by atoms with Gasteiger partial charge in [-0.15, -0.1) is 16.4 Å². The van der Waals surface area contributed by atoms with E-state index in [0.29, 0.717) is 0 Å². The lowest BCUT2D eigenvalue weighted by Crippen LogP contribution is -2.39. The lowest BCUT2D eigenvalue weighted by Gasteiger charge is -2.06. The Morgan fingerprint density at radius 3 is 1.47 bits per heavy atom. The highest BCUT2D eigenvalue weighted by atomic mass is 16.8. The largest absolute Gasteiger partial charge is 0.465 e. The van der Waals surface area contributed by atoms with Gasteiger partial charge in [0.15, 0.2) is 0 Å². The molecule has 5 amide bonds. The third kappa shape index (κ3) is 9.48. The first-order valence-corrected chi connectivity index (χ1v) is 3.98. The number of ether oxygens (including phenoxy) is 1. The van der Waals surface area contributed by atoms with Gasteiger partial charge in [-0.1, -0.05) is 0 Å². The maximum Gasteiger partial charge on any atom is 0.465 e. The fourth-order valence-electron chi connectivity index (χ4n) is 0.422. The summed E-state index contributed by atoms with van der Waals surface area (Å²) in [5.41, 5.74) is 12.9. The zero-order chi connectivity index (χ0) is 14.8. The van der Waals surface area contributed by atoms with E-state index in [1.165, 1.54) is 16.4 Å². The lowest BCUT2D eigenvalue weighted by atomic mass is 11.1. The van der Waals surface area contributed by atoms with Crippen molar-refractivity contribution in [2.45, 2.75) is 0 Å². The van der Waals surface area contributed by atoms with Crippen LogP contribution in [0.25, 0.3) is 0 Å².